The molecule has 0 radical (unpaired) electrons. The molecule has 9 heteroatoms. The fourth-order valence-corrected chi connectivity index (χ4v) is 6.78. The predicted octanol–water partition coefficient (Wildman–Crippen LogP) is 12.8. The van der Waals surface area contributed by atoms with E-state index in [9.17, 15) is 19.4 Å². The number of nitrogens with one attached hydrogen (secondary N) is 1. The van der Waals surface area contributed by atoms with Gasteiger partial charge in [-0.25, -0.2) is 4.57 Å². The van der Waals surface area contributed by atoms with E-state index in [4.69, 9.17) is 9.05 Å². The summed E-state index contributed by atoms with van der Waals surface area (Å²) in [5, 5.41) is 13.8. The molecule has 0 saturated carbocycles. The summed E-state index contributed by atoms with van der Waals surface area (Å²) in [7, 11) is 1.53. The minimum Gasteiger partial charge on any atom is -0.387 e. The number of aliphatic hydroxyl groups is 1. The number of rotatable bonds is 40. The number of phosphoric acid groups is 1. The van der Waals surface area contributed by atoms with Crippen molar-refractivity contribution < 1.29 is 32.9 Å². The SMILES string of the molecule is CC/C=C\C/C=C\C/C=C\C/C=C\CCCCCCCCC(=O)NC(COP(=O)(O)OCC[N+](C)(C)C)C(O)/C=C/CC/C=C/CCCCCCCCCCCC. The number of aliphatic hydroxyl groups excluding tert-OH is 1. The Kier molecular flexibility index (Phi) is 38.0. The zero-order chi connectivity index (χ0) is 42.1. The minimum atomic E-state index is -4.35. The first-order valence-electron chi connectivity index (χ1n) is 22.8. The molecule has 0 aromatic carbocycles. The fourth-order valence-electron chi connectivity index (χ4n) is 6.05. The van der Waals surface area contributed by atoms with Gasteiger partial charge >= 0.3 is 7.82 Å². The number of nitrogens with zero attached hydrogens (tertiary/aromatic N) is 1. The number of hydrogen-bond acceptors (Lipinski definition) is 5. The van der Waals surface area contributed by atoms with Gasteiger partial charge in [0.1, 0.15) is 13.2 Å². The number of unbranched alkanes of at least 4 members (excludes halogenated alkanes) is 17. The average Bonchev–Trinajstić information content (AvgIpc) is 3.16. The molecule has 0 aliphatic heterocycles. The zero-order valence-electron chi connectivity index (χ0n) is 37.3. The topological polar surface area (TPSA) is 105 Å². The van der Waals surface area contributed by atoms with Crippen LogP contribution in [0.4, 0.5) is 0 Å². The van der Waals surface area contributed by atoms with E-state index >= 15 is 0 Å². The Morgan fingerprint density at radius 2 is 1.07 bits per heavy atom. The number of hydrogen-bond donors (Lipinski definition) is 3. The van der Waals surface area contributed by atoms with Crippen molar-refractivity contribution in [3.63, 3.8) is 0 Å². The Morgan fingerprint density at radius 3 is 1.61 bits per heavy atom. The Balaban J connectivity index is 4.49. The van der Waals surface area contributed by atoms with Crippen molar-refractivity contribution in [2.24, 2.45) is 0 Å². The Bertz CT molecular complexity index is 1160. The van der Waals surface area contributed by atoms with Gasteiger partial charge in [0.15, 0.2) is 0 Å². The maximum atomic E-state index is 12.9. The van der Waals surface area contributed by atoms with Crippen molar-refractivity contribution in [3.8, 4) is 0 Å². The summed E-state index contributed by atoms with van der Waals surface area (Å²) >= 11 is 0. The summed E-state index contributed by atoms with van der Waals surface area (Å²) in [6.07, 6.45) is 52.6. The highest BCUT2D eigenvalue weighted by Gasteiger charge is 2.27. The van der Waals surface area contributed by atoms with Gasteiger partial charge in [-0.3, -0.25) is 13.8 Å². The highest BCUT2D eigenvalue weighted by atomic mass is 31.2. The summed E-state index contributed by atoms with van der Waals surface area (Å²) in [4.78, 5) is 23.1. The van der Waals surface area contributed by atoms with Crippen LogP contribution in [-0.4, -0.2) is 73.4 Å². The molecule has 0 aromatic heterocycles. The number of carbonyl (C=O) groups is 1. The molecule has 57 heavy (non-hydrogen) atoms. The maximum Gasteiger partial charge on any atom is 0.472 e. The molecule has 0 aliphatic carbocycles. The van der Waals surface area contributed by atoms with E-state index in [-0.39, 0.29) is 19.1 Å². The average molecular weight is 820 g/mol. The van der Waals surface area contributed by atoms with Crippen LogP contribution in [0.15, 0.2) is 72.9 Å². The Hall–Kier alpha value is -2.06. The zero-order valence-corrected chi connectivity index (χ0v) is 38.2. The molecule has 0 fully saturated rings. The number of quaternary nitrogens is 1. The summed E-state index contributed by atoms with van der Waals surface area (Å²) in [5.41, 5.74) is 0. The van der Waals surface area contributed by atoms with E-state index in [0.717, 1.165) is 77.0 Å². The first-order chi connectivity index (χ1) is 27.5. The molecule has 3 unspecified atom stereocenters. The minimum absolute atomic E-state index is 0.0495. The number of phosphoric ester groups is 1. The van der Waals surface area contributed by atoms with Crippen LogP contribution in [0.25, 0.3) is 0 Å². The highest BCUT2D eigenvalue weighted by molar-refractivity contribution is 7.47. The van der Waals surface area contributed by atoms with Gasteiger partial charge in [0.2, 0.25) is 5.91 Å². The van der Waals surface area contributed by atoms with Crippen LogP contribution in [0, 0.1) is 0 Å². The molecule has 1 amide bonds. The lowest BCUT2D eigenvalue weighted by molar-refractivity contribution is -0.870. The number of likely N-dealkylation sites (N-methyl/N-ethyl adjacent to an activating group) is 1. The van der Waals surface area contributed by atoms with E-state index in [1.165, 1.54) is 77.0 Å². The Labute approximate surface area is 351 Å². The van der Waals surface area contributed by atoms with Crippen molar-refractivity contribution in [3.05, 3.63) is 72.9 Å². The van der Waals surface area contributed by atoms with Crippen LogP contribution in [0.5, 0.6) is 0 Å². The lowest BCUT2D eigenvalue weighted by Gasteiger charge is -2.25. The normalized spacial score (nSPS) is 15.0. The van der Waals surface area contributed by atoms with Gasteiger partial charge in [-0.15, -0.1) is 0 Å². The molecule has 0 heterocycles. The number of allylic oxidation sites excluding steroid dienone is 11. The molecule has 0 bridgehead atoms. The lowest BCUT2D eigenvalue weighted by Crippen LogP contribution is -2.45. The van der Waals surface area contributed by atoms with Gasteiger partial charge in [-0.05, 0) is 70.6 Å². The van der Waals surface area contributed by atoms with Gasteiger partial charge < -0.3 is 19.8 Å². The van der Waals surface area contributed by atoms with E-state index in [0.29, 0.717) is 17.4 Å². The molecule has 0 saturated heterocycles. The summed E-state index contributed by atoms with van der Waals surface area (Å²) in [6, 6.07) is -0.874. The first-order valence-corrected chi connectivity index (χ1v) is 24.3. The molecule has 330 valence electrons. The Morgan fingerprint density at radius 1 is 0.614 bits per heavy atom. The van der Waals surface area contributed by atoms with E-state index in [1.807, 2.05) is 27.2 Å². The molecule has 0 spiro atoms. The molecule has 3 atom stereocenters. The van der Waals surface area contributed by atoms with Crippen molar-refractivity contribution in [1.29, 1.82) is 0 Å². The van der Waals surface area contributed by atoms with E-state index in [1.54, 1.807) is 6.08 Å². The number of carbonyl (C=O) groups excluding carboxylic acids is 1. The predicted molar refractivity (Wildman–Crippen MR) is 244 cm³/mol. The van der Waals surface area contributed by atoms with Crippen LogP contribution in [-0.2, 0) is 18.4 Å². The molecule has 8 nitrogen and oxygen atoms in total. The maximum absolute atomic E-state index is 12.9. The largest absolute Gasteiger partial charge is 0.472 e. The smallest absolute Gasteiger partial charge is 0.387 e. The van der Waals surface area contributed by atoms with E-state index in [2.05, 4.69) is 79.9 Å². The molecule has 0 rings (SSSR count). The number of amides is 1. The van der Waals surface area contributed by atoms with Crippen LogP contribution < -0.4 is 5.32 Å². The second-order valence-electron chi connectivity index (χ2n) is 16.4. The third kappa shape index (κ3) is 41.9. The van der Waals surface area contributed by atoms with Gasteiger partial charge in [0.25, 0.3) is 0 Å². The van der Waals surface area contributed by atoms with Crippen LogP contribution in [0.3, 0.4) is 0 Å². The summed E-state index contributed by atoms with van der Waals surface area (Å²) < 4.78 is 23.5. The third-order valence-corrected chi connectivity index (χ3v) is 10.6. The summed E-state index contributed by atoms with van der Waals surface area (Å²) in [5.74, 6) is -0.205. The lowest BCUT2D eigenvalue weighted by atomic mass is 10.1. The summed E-state index contributed by atoms with van der Waals surface area (Å²) in [6.45, 7) is 4.65. The monoisotopic (exact) mass is 820 g/mol. The van der Waals surface area contributed by atoms with Crippen LogP contribution in [0.1, 0.15) is 174 Å². The molecule has 0 aromatic rings. The van der Waals surface area contributed by atoms with Gasteiger partial charge in [0, 0.05) is 6.42 Å². The van der Waals surface area contributed by atoms with Crippen LogP contribution >= 0.6 is 7.82 Å². The van der Waals surface area contributed by atoms with Gasteiger partial charge in [-0.2, -0.15) is 0 Å². The van der Waals surface area contributed by atoms with Gasteiger partial charge in [-0.1, -0.05) is 170 Å². The second-order valence-corrected chi connectivity index (χ2v) is 17.8. The highest BCUT2D eigenvalue weighted by Crippen LogP contribution is 2.43. The standard InChI is InChI=1S/C48H87N2O6P/c1-6-8-10-12-14-16-18-20-22-24-25-26-28-30-32-34-36-38-40-42-48(52)49-46(45-56-57(53,54)55-44-43-50(3,4)5)47(51)41-39-37-35-33-31-29-27-23-21-19-17-15-13-11-9-7-2/h8,10,14,16,20,22,25-26,31,33,39,41,46-47,51H,6-7,9,11-13,15,17-19,21,23-24,27-30,32,34-38,40,42-45H2,1-5H3,(H-,49,52,53,54)/p+1/b10-8-,16-14-,22-20-,26-25-,33-31+,41-39+. The quantitative estimate of drug-likeness (QED) is 0.0246. The van der Waals surface area contributed by atoms with Gasteiger partial charge in [0.05, 0.1) is 39.9 Å². The molecule has 3 N–H and O–H groups in total. The van der Waals surface area contributed by atoms with Crippen molar-refractivity contribution in [2.45, 2.75) is 187 Å². The molecule has 0 aliphatic rings. The van der Waals surface area contributed by atoms with Crippen molar-refractivity contribution in [2.75, 3.05) is 40.9 Å². The van der Waals surface area contributed by atoms with Crippen LogP contribution in [0.2, 0.25) is 0 Å². The first kappa shape index (κ1) is 54.9. The van der Waals surface area contributed by atoms with Crippen molar-refractivity contribution in [1.82, 2.24) is 5.32 Å². The fraction of sp³-hybridized carbons (Fsp3) is 0.729. The third-order valence-electron chi connectivity index (χ3n) is 9.66. The molecular weight excluding hydrogens is 732 g/mol. The molecular formula is C48H88N2O6P+. The van der Waals surface area contributed by atoms with E-state index < -0.39 is 20.0 Å². The van der Waals surface area contributed by atoms with Crippen molar-refractivity contribution >= 4 is 13.7 Å². The second kappa shape index (κ2) is 39.4.